The zero-order valence-electron chi connectivity index (χ0n) is 18.6. The first-order valence-corrected chi connectivity index (χ1v) is 10.6. The molecule has 3 aromatic rings. The summed E-state index contributed by atoms with van der Waals surface area (Å²) >= 11 is 0. The van der Waals surface area contributed by atoms with Crippen molar-refractivity contribution in [3.8, 4) is 34.7 Å². The fourth-order valence-corrected chi connectivity index (χ4v) is 4.46. The highest BCUT2D eigenvalue weighted by Crippen LogP contribution is 2.38. The van der Waals surface area contributed by atoms with Crippen LogP contribution in [0.25, 0.3) is 16.9 Å². The molecule has 4 rings (SSSR count). The van der Waals surface area contributed by atoms with E-state index in [4.69, 9.17) is 19.9 Å². The van der Waals surface area contributed by atoms with Gasteiger partial charge in [0.25, 0.3) is 0 Å². The van der Waals surface area contributed by atoms with Crippen molar-refractivity contribution >= 4 is 18.1 Å². The lowest BCUT2D eigenvalue weighted by molar-refractivity contribution is 0.214. The van der Waals surface area contributed by atoms with E-state index in [9.17, 15) is 5.26 Å². The number of fused-ring (bicyclic) bond motifs is 1. The lowest BCUT2D eigenvalue weighted by Crippen LogP contribution is -2.43. The molecule has 0 radical (unpaired) electrons. The number of ether oxygens (including phenoxy) is 3. The maximum Gasteiger partial charge on any atom is 0.199 e. The fraction of sp³-hybridized carbons (Fsp3) is 0.417. The van der Waals surface area contributed by atoms with Crippen LogP contribution in [0.4, 0.5) is 0 Å². The van der Waals surface area contributed by atoms with E-state index in [1.54, 1.807) is 20.4 Å². The number of pyridine rings is 1. The van der Waals surface area contributed by atoms with E-state index in [0.717, 1.165) is 42.6 Å². The molecule has 0 bridgehead atoms. The van der Waals surface area contributed by atoms with Crippen LogP contribution in [0.3, 0.4) is 0 Å². The summed E-state index contributed by atoms with van der Waals surface area (Å²) in [5.41, 5.74) is 8.99. The Morgan fingerprint density at radius 2 is 2.03 bits per heavy atom. The van der Waals surface area contributed by atoms with Crippen molar-refractivity contribution in [1.29, 1.82) is 5.26 Å². The molecule has 0 unspecified atom stereocenters. The maximum atomic E-state index is 9.76. The van der Waals surface area contributed by atoms with Crippen molar-refractivity contribution < 1.29 is 14.2 Å². The lowest BCUT2D eigenvalue weighted by Gasteiger charge is -2.25. The topological polar surface area (TPSA) is 94.8 Å². The van der Waals surface area contributed by atoms with Crippen molar-refractivity contribution in [2.24, 2.45) is 11.7 Å². The summed E-state index contributed by atoms with van der Waals surface area (Å²) in [6.45, 7) is 2.56. The fourth-order valence-electron chi connectivity index (χ4n) is 4.46. The van der Waals surface area contributed by atoms with Gasteiger partial charge >= 0.3 is 0 Å². The van der Waals surface area contributed by atoms with Gasteiger partial charge in [0.15, 0.2) is 5.88 Å². The second kappa shape index (κ2) is 9.68. The first-order valence-electron chi connectivity index (χ1n) is 10.6. The Hall–Kier alpha value is -2.95. The zero-order valence-corrected chi connectivity index (χ0v) is 19.4. The Morgan fingerprint density at radius 3 is 2.69 bits per heavy atom. The third kappa shape index (κ3) is 4.34. The molecule has 2 N–H and O–H groups in total. The minimum Gasteiger partial charge on any atom is -0.495 e. The van der Waals surface area contributed by atoms with Crippen LogP contribution in [-0.4, -0.2) is 35.8 Å². The number of nitrogens with zero attached hydrogens (tertiary/aromatic N) is 3. The van der Waals surface area contributed by atoms with E-state index in [-0.39, 0.29) is 17.9 Å². The molecule has 170 valence electrons. The monoisotopic (exact) mass is 456 g/mol. The number of benzene rings is 1. The van der Waals surface area contributed by atoms with Gasteiger partial charge in [0.2, 0.25) is 0 Å². The average Bonchev–Trinajstić information content (AvgIpc) is 3.40. The van der Waals surface area contributed by atoms with Gasteiger partial charge in [-0.2, -0.15) is 5.26 Å². The van der Waals surface area contributed by atoms with Crippen molar-refractivity contribution in [3.05, 3.63) is 42.1 Å². The quantitative estimate of drug-likeness (QED) is 0.558. The number of nitrogens with two attached hydrogens (primary N) is 1. The average molecular weight is 457 g/mol. The summed E-state index contributed by atoms with van der Waals surface area (Å²) in [7, 11) is 3.17. The van der Waals surface area contributed by atoms with Gasteiger partial charge in [-0.3, -0.25) is 4.40 Å². The number of nitriles is 1. The van der Waals surface area contributed by atoms with Gasteiger partial charge in [-0.05, 0) is 49.4 Å². The molecule has 1 saturated carbocycles. The van der Waals surface area contributed by atoms with E-state index < -0.39 is 0 Å². The van der Waals surface area contributed by atoms with Crippen LogP contribution in [-0.2, 0) is 0 Å². The highest BCUT2D eigenvalue weighted by molar-refractivity contribution is 5.85. The van der Waals surface area contributed by atoms with Crippen LogP contribution in [0.1, 0.15) is 38.2 Å². The highest BCUT2D eigenvalue weighted by Gasteiger charge is 2.36. The Bertz CT molecular complexity index is 1140. The summed E-state index contributed by atoms with van der Waals surface area (Å²) in [6.07, 6.45) is 5.88. The normalized spacial score (nSPS) is 19.9. The molecule has 0 spiro atoms. The van der Waals surface area contributed by atoms with Crippen molar-refractivity contribution in [1.82, 2.24) is 9.38 Å². The molecule has 0 aliphatic heterocycles. The Balaban J connectivity index is 0.00000289. The third-order valence-electron chi connectivity index (χ3n) is 6.23. The number of methoxy groups -OCH3 is 2. The molecule has 8 heteroatoms. The summed E-state index contributed by atoms with van der Waals surface area (Å²) in [5.74, 6) is 2.21. The Morgan fingerprint density at radius 1 is 1.25 bits per heavy atom. The molecule has 2 heterocycles. The van der Waals surface area contributed by atoms with Gasteiger partial charge in [-0.15, -0.1) is 12.4 Å². The van der Waals surface area contributed by atoms with E-state index in [1.165, 1.54) is 0 Å². The van der Waals surface area contributed by atoms with Crippen LogP contribution in [0.2, 0.25) is 0 Å². The minimum atomic E-state index is -0.372. The number of rotatable bonds is 7. The first kappa shape index (κ1) is 23.7. The lowest BCUT2D eigenvalue weighted by atomic mass is 9.97. The second-order valence-corrected chi connectivity index (χ2v) is 8.24. The summed E-state index contributed by atoms with van der Waals surface area (Å²) in [4.78, 5) is 4.49. The number of aromatic nitrogens is 2. The first-order chi connectivity index (χ1) is 15.0. The van der Waals surface area contributed by atoms with E-state index in [1.807, 2.05) is 34.7 Å². The molecular formula is C24H29ClN4O3. The molecular weight excluding hydrogens is 428 g/mol. The largest absolute Gasteiger partial charge is 0.495 e. The van der Waals surface area contributed by atoms with Gasteiger partial charge in [0.05, 0.1) is 31.6 Å². The van der Waals surface area contributed by atoms with Crippen molar-refractivity contribution in [3.63, 3.8) is 0 Å². The summed E-state index contributed by atoms with van der Waals surface area (Å²) < 4.78 is 19.1. The molecule has 1 aliphatic rings. The number of hydrogen-bond donors (Lipinski definition) is 1. The molecule has 1 aromatic carbocycles. The zero-order chi connectivity index (χ0) is 22.0. The predicted molar refractivity (Wildman–Crippen MR) is 126 cm³/mol. The Labute approximate surface area is 194 Å². The van der Waals surface area contributed by atoms with Crippen molar-refractivity contribution in [2.75, 3.05) is 20.8 Å². The summed E-state index contributed by atoms with van der Waals surface area (Å²) in [6, 6.07) is 11.6. The SMILES string of the molecule is CC[C@@H]1CC[C@@](N)(COc2cc(-c3cnc4cccc(OC)n34)cc(OC)c2C#N)C1.Cl. The van der Waals surface area contributed by atoms with Crippen LogP contribution >= 0.6 is 12.4 Å². The number of imidazole rings is 1. The molecule has 1 fully saturated rings. The van der Waals surface area contributed by atoms with Gasteiger partial charge in [0.1, 0.15) is 35.4 Å². The second-order valence-electron chi connectivity index (χ2n) is 8.24. The van der Waals surface area contributed by atoms with Gasteiger partial charge in [-0.25, -0.2) is 4.98 Å². The molecule has 2 aromatic heterocycles. The van der Waals surface area contributed by atoms with E-state index in [2.05, 4.69) is 18.0 Å². The number of hydrogen-bond acceptors (Lipinski definition) is 6. The smallest absolute Gasteiger partial charge is 0.199 e. The third-order valence-corrected chi connectivity index (χ3v) is 6.23. The minimum absolute atomic E-state index is 0. The Kier molecular flexibility index (Phi) is 7.17. The van der Waals surface area contributed by atoms with Gasteiger partial charge < -0.3 is 19.9 Å². The highest BCUT2D eigenvalue weighted by atomic mass is 35.5. The molecule has 32 heavy (non-hydrogen) atoms. The standard InChI is InChI=1S/C24H28N4O3.ClH/c1-4-16-8-9-24(26,12-16)15-31-21-11-17(10-20(29-2)18(21)13-25)19-14-27-22-6-5-7-23(30-3)28(19)22;/h5-7,10-11,14,16H,4,8-9,12,15,26H2,1-3H3;1H/t16-,24+;/m1./s1. The molecule has 7 nitrogen and oxygen atoms in total. The van der Waals surface area contributed by atoms with Crippen LogP contribution in [0, 0.1) is 17.2 Å². The molecule has 0 saturated heterocycles. The van der Waals surface area contributed by atoms with Gasteiger partial charge in [0, 0.05) is 5.56 Å². The van der Waals surface area contributed by atoms with Crippen LogP contribution in [0.5, 0.6) is 17.4 Å². The number of halogens is 1. The predicted octanol–water partition coefficient (Wildman–Crippen LogP) is 4.60. The molecule has 0 amide bonds. The van der Waals surface area contributed by atoms with E-state index in [0.29, 0.717) is 35.5 Å². The van der Waals surface area contributed by atoms with Crippen LogP contribution in [0.15, 0.2) is 36.5 Å². The summed E-state index contributed by atoms with van der Waals surface area (Å²) in [5, 5.41) is 9.76. The van der Waals surface area contributed by atoms with Gasteiger partial charge in [-0.1, -0.05) is 19.4 Å². The maximum absolute atomic E-state index is 9.76. The van der Waals surface area contributed by atoms with Crippen molar-refractivity contribution in [2.45, 2.75) is 38.1 Å². The van der Waals surface area contributed by atoms with Crippen LogP contribution < -0.4 is 19.9 Å². The molecule has 1 aliphatic carbocycles. The van der Waals surface area contributed by atoms with E-state index >= 15 is 0 Å². The molecule has 2 atom stereocenters.